The molecule has 3 aliphatic carbocycles. The van der Waals surface area contributed by atoms with Crippen molar-refractivity contribution in [3.63, 3.8) is 0 Å². The third kappa shape index (κ3) is 3.45. The minimum Gasteiger partial charge on any atom is -0.469 e. The van der Waals surface area contributed by atoms with Gasteiger partial charge in [0.25, 0.3) is 5.79 Å². The van der Waals surface area contributed by atoms with Crippen molar-refractivity contribution >= 4 is 17.9 Å². The maximum atomic E-state index is 14.2. The minimum absolute atomic E-state index is 0.0620. The average Bonchev–Trinajstić information content (AvgIpc) is 3.82. The molecule has 2 N–H and O–H groups in total. The van der Waals surface area contributed by atoms with Crippen molar-refractivity contribution in [1.29, 1.82) is 0 Å². The second-order valence-corrected chi connectivity index (χ2v) is 15.9. The highest BCUT2D eigenvalue weighted by molar-refractivity contribution is 5.88. The van der Waals surface area contributed by atoms with Crippen molar-refractivity contribution in [2.45, 2.75) is 114 Å². The van der Waals surface area contributed by atoms with Gasteiger partial charge < -0.3 is 52.8 Å². The maximum Gasteiger partial charge on any atom is 0.366 e. The molecule has 5 aliphatic heterocycles. The smallest absolute Gasteiger partial charge is 0.366 e. The molecule has 14 heteroatoms. The second-order valence-electron chi connectivity index (χ2n) is 15.9. The number of esters is 3. The van der Waals surface area contributed by atoms with Crippen LogP contribution >= 0.6 is 0 Å². The third-order valence-electron chi connectivity index (χ3n) is 14.3. The Morgan fingerprint density at radius 2 is 1.73 bits per heavy atom. The van der Waals surface area contributed by atoms with E-state index in [9.17, 15) is 24.6 Å². The molecule has 0 aromatic heterocycles. The van der Waals surface area contributed by atoms with Gasteiger partial charge in [-0.25, -0.2) is 9.59 Å². The number of hydrogen-bond acceptors (Lipinski definition) is 14. The quantitative estimate of drug-likeness (QED) is 0.240. The molecular formula is C35H46O14. The topological polar surface area (TPSA) is 175 Å². The summed E-state index contributed by atoms with van der Waals surface area (Å²) in [6, 6.07) is 0. The number of fused-ring (bicyclic) bond motifs is 11. The van der Waals surface area contributed by atoms with Crippen molar-refractivity contribution in [3.05, 3.63) is 24.0 Å². The Labute approximate surface area is 284 Å². The summed E-state index contributed by atoms with van der Waals surface area (Å²) in [5, 5.41) is 25.6. The van der Waals surface area contributed by atoms with Crippen LogP contribution in [0.2, 0.25) is 0 Å². The molecule has 2 bridgehead atoms. The first-order chi connectivity index (χ1) is 23.0. The van der Waals surface area contributed by atoms with Gasteiger partial charge in [-0.15, -0.1) is 0 Å². The number of ether oxygens (including phenoxy) is 9. The molecule has 0 radical (unpaired) electrons. The summed E-state index contributed by atoms with van der Waals surface area (Å²) in [4.78, 5) is 40.4. The molecule has 0 unspecified atom stereocenters. The molecule has 14 nitrogen and oxygen atoms in total. The summed E-state index contributed by atoms with van der Waals surface area (Å²) in [5.74, 6) is -6.47. The van der Waals surface area contributed by atoms with E-state index >= 15 is 0 Å². The minimum atomic E-state index is -2.12. The number of aliphatic hydroxyl groups is 2. The van der Waals surface area contributed by atoms with Crippen LogP contribution in [0.25, 0.3) is 0 Å². The molecular weight excluding hydrogens is 644 g/mol. The first-order valence-corrected chi connectivity index (χ1v) is 17.0. The van der Waals surface area contributed by atoms with E-state index in [0.29, 0.717) is 5.57 Å². The zero-order valence-corrected chi connectivity index (χ0v) is 29.1. The van der Waals surface area contributed by atoms with Crippen LogP contribution in [0, 0.1) is 34.0 Å². The van der Waals surface area contributed by atoms with Crippen molar-refractivity contribution in [3.8, 4) is 0 Å². The zero-order valence-electron chi connectivity index (χ0n) is 29.1. The van der Waals surface area contributed by atoms with E-state index in [4.69, 9.17) is 42.6 Å². The fourth-order valence-corrected chi connectivity index (χ4v) is 12.3. The lowest BCUT2D eigenvalue weighted by Gasteiger charge is -2.66. The van der Waals surface area contributed by atoms with E-state index in [1.807, 2.05) is 13.8 Å². The van der Waals surface area contributed by atoms with Gasteiger partial charge in [-0.05, 0) is 33.3 Å². The van der Waals surface area contributed by atoms with E-state index in [1.165, 1.54) is 33.5 Å². The van der Waals surface area contributed by atoms with E-state index < -0.39 is 111 Å². The molecule has 8 aliphatic rings. The predicted octanol–water partition coefficient (Wildman–Crippen LogP) is 1.30. The van der Waals surface area contributed by atoms with Gasteiger partial charge in [0.2, 0.25) is 6.29 Å². The lowest BCUT2D eigenvalue weighted by atomic mass is 9.37. The summed E-state index contributed by atoms with van der Waals surface area (Å²) in [7, 11) is 2.57. The third-order valence-corrected chi connectivity index (χ3v) is 14.3. The number of rotatable bonds is 5. The number of allylic oxidation sites excluding steroid dienone is 1. The summed E-state index contributed by atoms with van der Waals surface area (Å²) in [5.41, 5.74) is -8.31. The Kier molecular flexibility index (Phi) is 6.88. The molecule has 0 aromatic rings. The molecule has 5 heterocycles. The lowest BCUT2D eigenvalue weighted by Crippen LogP contribution is -2.78. The fraction of sp³-hybridized carbons (Fsp3) is 0.800. The van der Waals surface area contributed by atoms with Gasteiger partial charge in [0.1, 0.15) is 23.4 Å². The molecule has 1 spiro atoms. The standard InChI is InChI=1S/C35H46O14/c1-9-16(2)25(37)47-20-13-19(46-17(3)36)29(4)14-44-22-23(29)32(20)15-45-34(42-8,27(38)41-7)26(32)30(5)24(22)49-31(6)18-12-21(35(30,31)40)48-28-33(18,39)10-11-43-28/h9-11,18-24,26,28,39-40H,12-15H2,1-8H3/b16-9+/t18-,19-,20+,21+,22-,23+,24-,26+,28-,29-,30-,31-,32+,33-,34+,35+/m1/s1. The molecule has 8 rings (SSSR count). The van der Waals surface area contributed by atoms with Gasteiger partial charge in [0, 0.05) is 60.0 Å². The molecule has 49 heavy (non-hydrogen) atoms. The fourth-order valence-electron chi connectivity index (χ4n) is 12.3. The van der Waals surface area contributed by atoms with Crippen LogP contribution in [0.1, 0.15) is 54.4 Å². The Morgan fingerprint density at radius 3 is 2.39 bits per heavy atom. The first-order valence-electron chi connectivity index (χ1n) is 17.0. The van der Waals surface area contributed by atoms with E-state index in [2.05, 4.69) is 0 Å². The molecule has 3 saturated carbocycles. The highest BCUT2D eigenvalue weighted by Crippen LogP contribution is 2.81. The summed E-state index contributed by atoms with van der Waals surface area (Å²) in [6.45, 7) is 10.2. The highest BCUT2D eigenvalue weighted by atomic mass is 16.7. The Bertz CT molecular complexity index is 1560. The van der Waals surface area contributed by atoms with Crippen molar-refractivity contribution in [2.75, 3.05) is 27.4 Å². The molecule has 0 amide bonds. The Hall–Kier alpha value is -2.59. The van der Waals surface area contributed by atoms with Crippen molar-refractivity contribution in [2.24, 2.45) is 34.0 Å². The Balaban J connectivity index is 1.41. The van der Waals surface area contributed by atoms with Crippen LogP contribution in [0.5, 0.6) is 0 Å². The molecule has 270 valence electrons. The first kappa shape index (κ1) is 33.5. The van der Waals surface area contributed by atoms with Crippen LogP contribution in [0.3, 0.4) is 0 Å². The highest BCUT2D eigenvalue weighted by Gasteiger charge is 2.94. The normalized spacial score (nSPS) is 55.8. The van der Waals surface area contributed by atoms with E-state index in [-0.39, 0.29) is 26.1 Å². The number of carbonyl (C=O) groups is 3. The molecule has 16 atom stereocenters. The van der Waals surface area contributed by atoms with Crippen LogP contribution in [-0.2, 0) is 57.0 Å². The maximum absolute atomic E-state index is 14.2. The summed E-state index contributed by atoms with van der Waals surface area (Å²) in [6.07, 6.45) is -0.642. The van der Waals surface area contributed by atoms with Gasteiger partial charge in [-0.2, -0.15) is 0 Å². The predicted molar refractivity (Wildman–Crippen MR) is 163 cm³/mol. The Morgan fingerprint density at radius 1 is 1.00 bits per heavy atom. The zero-order chi connectivity index (χ0) is 35.3. The van der Waals surface area contributed by atoms with Crippen LogP contribution in [0.15, 0.2) is 24.0 Å². The second kappa shape index (κ2) is 10.0. The summed E-state index contributed by atoms with van der Waals surface area (Å²) >= 11 is 0. The van der Waals surface area contributed by atoms with Crippen molar-refractivity contribution in [1.82, 2.24) is 0 Å². The van der Waals surface area contributed by atoms with Crippen LogP contribution in [-0.4, -0.2) is 115 Å². The largest absolute Gasteiger partial charge is 0.469 e. The molecule has 4 saturated heterocycles. The van der Waals surface area contributed by atoms with E-state index in [1.54, 1.807) is 26.8 Å². The number of methoxy groups -OCH3 is 2. The molecule has 0 aromatic carbocycles. The van der Waals surface area contributed by atoms with Crippen LogP contribution in [0.4, 0.5) is 0 Å². The SMILES string of the molecule is C/C=C(\C)C(=O)O[C@H]1C[C@@H](OC(C)=O)[C@@]2(C)CO[C@H]3[C@H]4O[C@]5(C)[C@H]6C[C@H](O[C@H]7OC=C[C@]76O)[C@]5(O)[C@@]4(C)[C@@H]4[C@@](OC)(C(=O)OC)OC[C@@]14[C@@H]32. The van der Waals surface area contributed by atoms with Gasteiger partial charge in [-0.1, -0.05) is 19.9 Å². The van der Waals surface area contributed by atoms with Gasteiger partial charge >= 0.3 is 17.9 Å². The van der Waals surface area contributed by atoms with Gasteiger partial charge in [0.05, 0.1) is 44.9 Å². The van der Waals surface area contributed by atoms with Crippen LogP contribution < -0.4 is 0 Å². The average molecular weight is 691 g/mol. The number of hydrogen-bond donors (Lipinski definition) is 2. The summed E-state index contributed by atoms with van der Waals surface area (Å²) < 4.78 is 56.5. The number of carbonyl (C=O) groups excluding carboxylic acids is 3. The monoisotopic (exact) mass is 690 g/mol. The van der Waals surface area contributed by atoms with Crippen molar-refractivity contribution < 1.29 is 67.2 Å². The molecule has 7 fully saturated rings. The van der Waals surface area contributed by atoms with Gasteiger partial charge in [0.15, 0.2) is 5.60 Å². The van der Waals surface area contributed by atoms with E-state index in [0.717, 1.165) is 0 Å². The van der Waals surface area contributed by atoms with Gasteiger partial charge in [-0.3, -0.25) is 4.79 Å². The lowest BCUT2D eigenvalue weighted by molar-refractivity contribution is -0.318.